The lowest BCUT2D eigenvalue weighted by Gasteiger charge is -2.11. The lowest BCUT2D eigenvalue weighted by atomic mass is 10.2. The number of anilines is 1. The Hall–Kier alpha value is -3.47. The zero-order chi connectivity index (χ0) is 18.9. The van der Waals surface area contributed by atoms with E-state index >= 15 is 0 Å². The number of hydrogen-bond donors (Lipinski definition) is 1. The first-order chi connectivity index (χ1) is 13.2. The smallest absolute Gasteiger partial charge is 0.227 e. The Balaban J connectivity index is 1.49. The third-order valence-electron chi connectivity index (χ3n) is 3.78. The van der Waals surface area contributed by atoms with E-state index in [2.05, 4.69) is 5.32 Å². The fourth-order valence-electron chi connectivity index (χ4n) is 2.44. The lowest BCUT2D eigenvalue weighted by Crippen LogP contribution is -2.15. The quantitative estimate of drug-likeness (QED) is 0.619. The van der Waals surface area contributed by atoms with Crippen molar-refractivity contribution in [3.8, 4) is 23.0 Å². The summed E-state index contributed by atoms with van der Waals surface area (Å²) < 4.78 is 16.6. The molecule has 1 N–H and O–H groups in total. The van der Waals surface area contributed by atoms with Crippen molar-refractivity contribution in [1.82, 2.24) is 0 Å². The normalized spacial score (nSPS) is 10.1. The Morgan fingerprint density at radius 3 is 2.19 bits per heavy atom. The number of benzene rings is 3. The van der Waals surface area contributed by atoms with Gasteiger partial charge in [0, 0.05) is 5.69 Å². The SMILES string of the molecule is COc1ccccc1Oc1ccc(NC(=O)CCOc2ccccc2)cc1. The van der Waals surface area contributed by atoms with E-state index in [4.69, 9.17) is 14.2 Å². The second-order valence-corrected chi connectivity index (χ2v) is 5.74. The average molecular weight is 363 g/mol. The number of para-hydroxylation sites is 3. The number of rotatable bonds is 8. The predicted octanol–water partition coefficient (Wildman–Crippen LogP) is 4.90. The Kier molecular flexibility index (Phi) is 6.30. The van der Waals surface area contributed by atoms with Crippen LogP contribution in [0.4, 0.5) is 5.69 Å². The monoisotopic (exact) mass is 363 g/mol. The van der Waals surface area contributed by atoms with Gasteiger partial charge in [-0.05, 0) is 48.5 Å². The largest absolute Gasteiger partial charge is 0.493 e. The summed E-state index contributed by atoms with van der Waals surface area (Å²) in [7, 11) is 1.60. The van der Waals surface area contributed by atoms with Gasteiger partial charge in [-0.3, -0.25) is 4.79 Å². The predicted molar refractivity (Wildman–Crippen MR) is 105 cm³/mol. The molecule has 0 unspecified atom stereocenters. The van der Waals surface area contributed by atoms with Crippen molar-refractivity contribution < 1.29 is 19.0 Å². The van der Waals surface area contributed by atoms with Gasteiger partial charge in [0.1, 0.15) is 11.5 Å². The Labute approximate surface area is 158 Å². The molecule has 0 aliphatic heterocycles. The fourth-order valence-corrected chi connectivity index (χ4v) is 2.44. The van der Waals surface area contributed by atoms with Crippen LogP contribution in [0.2, 0.25) is 0 Å². The van der Waals surface area contributed by atoms with E-state index < -0.39 is 0 Å². The maximum Gasteiger partial charge on any atom is 0.227 e. The molecule has 3 aromatic rings. The number of ether oxygens (including phenoxy) is 3. The zero-order valence-electron chi connectivity index (χ0n) is 15.1. The molecule has 5 nitrogen and oxygen atoms in total. The molecule has 0 aliphatic rings. The summed E-state index contributed by atoms with van der Waals surface area (Å²) in [5, 5.41) is 2.84. The minimum absolute atomic E-state index is 0.107. The van der Waals surface area contributed by atoms with Gasteiger partial charge < -0.3 is 19.5 Å². The Bertz CT molecular complexity index is 863. The molecule has 0 aliphatic carbocycles. The molecule has 0 saturated heterocycles. The summed E-state index contributed by atoms with van der Waals surface area (Å²) in [6.45, 7) is 0.324. The molecule has 5 heteroatoms. The van der Waals surface area contributed by atoms with E-state index in [1.165, 1.54) is 0 Å². The summed E-state index contributed by atoms with van der Waals surface area (Å²) >= 11 is 0. The van der Waals surface area contributed by atoms with Crippen LogP contribution in [-0.2, 0) is 4.79 Å². The molecule has 0 atom stereocenters. The van der Waals surface area contributed by atoms with E-state index in [1.54, 1.807) is 31.4 Å². The van der Waals surface area contributed by atoms with Gasteiger partial charge in [0.25, 0.3) is 0 Å². The first kappa shape index (κ1) is 18.3. The third kappa shape index (κ3) is 5.51. The lowest BCUT2D eigenvalue weighted by molar-refractivity contribution is -0.116. The number of carbonyl (C=O) groups is 1. The second kappa shape index (κ2) is 9.29. The van der Waals surface area contributed by atoms with Gasteiger partial charge in [0.05, 0.1) is 20.1 Å². The van der Waals surface area contributed by atoms with E-state index in [-0.39, 0.29) is 12.3 Å². The molecule has 0 heterocycles. The zero-order valence-corrected chi connectivity index (χ0v) is 15.1. The Morgan fingerprint density at radius 1 is 0.815 bits per heavy atom. The summed E-state index contributed by atoms with van der Waals surface area (Å²) in [6.07, 6.45) is 0.272. The van der Waals surface area contributed by atoms with Crippen molar-refractivity contribution in [1.29, 1.82) is 0 Å². The first-order valence-corrected chi connectivity index (χ1v) is 8.63. The van der Waals surface area contributed by atoms with Gasteiger partial charge in [0.2, 0.25) is 5.91 Å². The summed E-state index contributed by atoms with van der Waals surface area (Å²) in [4.78, 5) is 12.0. The molecule has 3 aromatic carbocycles. The molecule has 0 fully saturated rings. The van der Waals surface area contributed by atoms with Crippen LogP contribution >= 0.6 is 0 Å². The standard InChI is InChI=1S/C22H21NO4/c1-25-20-9-5-6-10-21(20)27-19-13-11-17(12-14-19)23-22(24)15-16-26-18-7-3-2-4-8-18/h2-14H,15-16H2,1H3,(H,23,24). The highest BCUT2D eigenvalue weighted by Gasteiger charge is 2.06. The van der Waals surface area contributed by atoms with Gasteiger partial charge in [-0.25, -0.2) is 0 Å². The maximum atomic E-state index is 12.0. The second-order valence-electron chi connectivity index (χ2n) is 5.74. The fraction of sp³-hybridized carbons (Fsp3) is 0.136. The van der Waals surface area contributed by atoms with Gasteiger partial charge in [-0.2, -0.15) is 0 Å². The highest BCUT2D eigenvalue weighted by Crippen LogP contribution is 2.31. The van der Waals surface area contributed by atoms with E-state index in [9.17, 15) is 4.79 Å². The molecule has 0 radical (unpaired) electrons. The van der Waals surface area contributed by atoms with Gasteiger partial charge in [-0.1, -0.05) is 30.3 Å². The minimum Gasteiger partial charge on any atom is -0.493 e. The van der Waals surface area contributed by atoms with Crippen molar-refractivity contribution in [3.63, 3.8) is 0 Å². The maximum absolute atomic E-state index is 12.0. The molecule has 0 saturated carbocycles. The van der Waals surface area contributed by atoms with Gasteiger partial charge >= 0.3 is 0 Å². The summed E-state index contributed by atoms with van der Waals surface area (Å²) in [5.74, 6) is 2.60. The highest BCUT2D eigenvalue weighted by molar-refractivity contribution is 5.90. The van der Waals surface area contributed by atoms with Crippen LogP contribution in [0.5, 0.6) is 23.0 Å². The van der Waals surface area contributed by atoms with Crippen molar-refractivity contribution in [2.75, 3.05) is 19.0 Å². The number of nitrogens with one attached hydrogen (secondary N) is 1. The van der Waals surface area contributed by atoms with Crippen LogP contribution < -0.4 is 19.5 Å². The highest BCUT2D eigenvalue weighted by atomic mass is 16.5. The number of amides is 1. The molecule has 138 valence electrons. The third-order valence-corrected chi connectivity index (χ3v) is 3.78. The topological polar surface area (TPSA) is 56.8 Å². The van der Waals surface area contributed by atoms with E-state index in [1.807, 2.05) is 54.6 Å². The van der Waals surface area contributed by atoms with Crippen LogP contribution in [0, 0.1) is 0 Å². The van der Waals surface area contributed by atoms with E-state index in [0.717, 1.165) is 5.75 Å². The molecular formula is C22H21NO4. The molecule has 0 spiro atoms. The van der Waals surface area contributed by atoms with Crippen LogP contribution in [-0.4, -0.2) is 19.6 Å². The van der Waals surface area contributed by atoms with E-state index in [0.29, 0.717) is 29.5 Å². The van der Waals surface area contributed by atoms with Crippen molar-refractivity contribution in [2.45, 2.75) is 6.42 Å². The molecule has 27 heavy (non-hydrogen) atoms. The van der Waals surface area contributed by atoms with Crippen LogP contribution in [0.25, 0.3) is 0 Å². The van der Waals surface area contributed by atoms with Crippen LogP contribution in [0.15, 0.2) is 78.9 Å². The number of hydrogen-bond acceptors (Lipinski definition) is 4. The van der Waals surface area contributed by atoms with Crippen LogP contribution in [0.3, 0.4) is 0 Å². The van der Waals surface area contributed by atoms with Gasteiger partial charge in [0.15, 0.2) is 11.5 Å². The molecular weight excluding hydrogens is 342 g/mol. The summed E-state index contributed by atoms with van der Waals surface area (Å²) in [6, 6.07) is 24.0. The number of carbonyl (C=O) groups excluding carboxylic acids is 1. The molecule has 0 bridgehead atoms. The molecule has 0 aromatic heterocycles. The van der Waals surface area contributed by atoms with Gasteiger partial charge in [-0.15, -0.1) is 0 Å². The summed E-state index contributed by atoms with van der Waals surface area (Å²) in [5.41, 5.74) is 0.701. The number of methoxy groups -OCH3 is 1. The van der Waals surface area contributed by atoms with Crippen molar-refractivity contribution >= 4 is 11.6 Å². The van der Waals surface area contributed by atoms with Crippen LogP contribution in [0.1, 0.15) is 6.42 Å². The average Bonchev–Trinajstić information content (AvgIpc) is 2.71. The molecule has 3 rings (SSSR count). The first-order valence-electron chi connectivity index (χ1n) is 8.63. The Morgan fingerprint density at radius 2 is 1.48 bits per heavy atom. The minimum atomic E-state index is -0.107. The van der Waals surface area contributed by atoms with Crippen molar-refractivity contribution in [2.24, 2.45) is 0 Å². The van der Waals surface area contributed by atoms with Crippen molar-refractivity contribution in [3.05, 3.63) is 78.9 Å². The molecule has 1 amide bonds.